The molecule has 0 aliphatic rings. The number of thiazole rings is 1. The fourth-order valence-corrected chi connectivity index (χ4v) is 2.37. The van der Waals surface area contributed by atoms with E-state index < -0.39 is 5.97 Å². The fourth-order valence-electron chi connectivity index (χ4n) is 1.63. The van der Waals surface area contributed by atoms with E-state index >= 15 is 0 Å². The molecular weight excluding hydrogens is 324 g/mol. The summed E-state index contributed by atoms with van der Waals surface area (Å²) in [5, 5.41) is 4.31. The SMILES string of the molecule is CCOC(=O)/C=C/c1cccc(NC(=O)c2csc(Cl)n2)c1. The van der Waals surface area contributed by atoms with Crippen LogP contribution in [-0.4, -0.2) is 23.5 Å². The summed E-state index contributed by atoms with van der Waals surface area (Å²) in [6, 6.07) is 7.06. The van der Waals surface area contributed by atoms with Crippen LogP contribution in [0.2, 0.25) is 4.47 Å². The first-order valence-electron chi connectivity index (χ1n) is 6.45. The highest BCUT2D eigenvalue weighted by Gasteiger charge is 2.10. The molecular formula is C15H13ClN2O3S. The number of carbonyl (C=O) groups excluding carboxylic acids is 2. The minimum absolute atomic E-state index is 0.266. The number of esters is 1. The van der Waals surface area contributed by atoms with E-state index in [-0.39, 0.29) is 11.6 Å². The Morgan fingerprint density at radius 1 is 1.45 bits per heavy atom. The van der Waals surface area contributed by atoms with E-state index in [0.717, 1.165) is 5.56 Å². The molecule has 22 heavy (non-hydrogen) atoms. The van der Waals surface area contributed by atoms with Gasteiger partial charge in [-0.25, -0.2) is 9.78 Å². The molecule has 114 valence electrons. The first-order chi connectivity index (χ1) is 10.6. The molecule has 0 aliphatic heterocycles. The van der Waals surface area contributed by atoms with Gasteiger partial charge in [0.2, 0.25) is 0 Å². The second kappa shape index (κ2) is 7.72. The van der Waals surface area contributed by atoms with E-state index in [1.165, 1.54) is 17.4 Å². The quantitative estimate of drug-likeness (QED) is 0.668. The molecule has 0 spiro atoms. The van der Waals surface area contributed by atoms with Gasteiger partial charge in [0.15, 0.2) is 4.47 Å². The van der Waals surface area contributed by atoms with Crippen molar-refractivity contribution in [1.82, 2.24) is 4.98 Å². The molecule has 7 heteroatoms. The van der Waals surface area contributed by atoms with Crippen LogP contribution in [0.5, 0.6) is 0 Å². The average Bonchev–Trinajstić information content (AvgIpc) is 2.93. The molecule has 2 aromatic rings. The summed E-state index contributed by atoms with van der Waals surface area (Å²) >= 11 is 6.90. The monoisotopic (exact) mass is 336 g/mol. The number of halogens is 1. The molecule has 0 fully saturated rings. The zero-order chi connectivity index (χ0) is 15.9. The molecule has 1 heterocycles. The molecule has 1 N–H and O–H groups in total. The van der Waals surface area contributed by atoms with Gasteiger partial charge >= 0.3 is 5.97 Å². The Hall–Kier alpha value is -2.18. The maximum Gasteiger partial charge on any atom is 0.330 e. The number of hydrogen-bond donors (Lipinski definition) is 1. The number of hydrogen-bond acceptors (Lipinski definition) is 5. The van der Waals surface area contributed by atoms with Gasteiger partial charge in [0.1, 0.15) is 5.69 Å². The molecule has 5 nitrogen and oxygen atoms in total. The van der Waals surface area contributed by atoms with Crippen LogP contribution in [0.4, 0.5) is 5.69 Å². The lowest BCUT2D eigenvalue weighted by Gasteiger charge is -2.04. The number of rotatable bonds is 5. The van der Waals surface area contributed by atoms with Gasteiger partial charge in [0.05, 0.1) is 6.61 Å². The van der Waals surface area contributed by atoms with E-state index in [2.05, 4.69) is 10.3 Å². The van der Waals surface area contributed by atoms with Crippen molar-refractivity contribution >= 4 is 46.6 Å². The largest absolute Gasteiger partial charge is 0.463 e. The predicted octanol–water partition coefficient (Wildman–Crippen LogP) is 3.63. The van der Waals surface area contributed by atoms with E-state index in [9.17, 15) is 9.59 Å². The number of benzene rings is 1. The number of nitrogens with one attached hydrogen (secondary N) is 1. The molecule has 0 atom stereocenters. The predicted molar refractivity (Wildman–Crippen MR) is 87.2 cm³/mol. The summed E-state index contributed by atoms with van der Waals surface area (Å²) in [5.74, 6) is -0.747. The van der Waals surface area contributed by atoms with Crippen LogP contribution < -0.4 is 5.32 Å². The second-order valence-corrected chi connectivity index (χ2v) is 5.59. The zero-order valence-corrected chi connectivity index (χ0v) is 13.3. The topological polar surface area (TPSA) is 68.3 Å². The van der Waals surface area contributed by atoms with Crippen molar-refractivity contribution in [3.05, 3.63) is 51.4 Å². The Bertz CT molecular complexity index is 712. The molecule has 0 saturated heterocycles. The maximum atomic E-state index is 12.0. The van der Waals surface area contributed by atoms with Crippen molar-refractivity contribution in [2.24, 2.45) is 0 Å². The number of nitrogens with zero attached hydrogens (tertiary/aromatic N) is 1. The number of amides is 1. The van der Waals surface area contributed by atoms with Gasteiger partial charge in [-0.05, 0) is 30.7 Å². The Morgan fingerprint density at radius 2 is 2.27 bits per heavy atom. The first-order valence-corrected chi connectivity index (χ1v) is 7.71. The zero-order valence-electron chi connectivity index (χ0n) is 11.7. The van der Waals surface area contributed by atoms with Crippen LogP contribution in [0.15, 0.2) is 35.7 Å². The summed E-state index contributed by atoms with van der Waals surface area (Å²) in [5.41, 5.74) is 1.63. The number of anilines is 1. The third kappa shape index (κ3) is 4.68. The number of carbonyl (C=O) groups is 2. The summed E-state index contributed by atoms with van der Waals surface area (Å²) in [7, 11) is 0. The summed E-state index contributed by atoms with van der Waals surface area (Å²) in [4.78, 5) is 27.1. The third-order valence-corrected chi connectivity index (χ3v) is 3.53. The van der Waals surface area contributed by atoms with Crippen molar-refractivity contribution in [1.29, 1.82) is 0 Å². The van der Waals surface area contributed by atoms with Gasteiger partial charge in [-0.1, -0.05) is 23.7 Å². The van der Waals surface area contributed by atoms with Crippen molar-refractivity contribution in [3.8, 4) is 0 Å². The normalized spacial score (nSPS) is 10.6. The maximum absolute atomic E-state index is 12.0. The molecule has 0 saturated carbocycles. The van der Waals surface area contributed by atoms with Gasteiger partial charge in [0, 0.05) is 17.1 Å². The molecule has 0 aliphatic carbocycles. The Morgan fingerprint density at radius 3 is 2.95 bits per heavy atom. The van der Waals surface area contributed by atoms with Crippen LogP contribution in [0.1, 0.15) is 23.0 Å². The molecule has 2 rings (SSSR count). The highest BCUT2D eigenvalue weighted by molar-refractivity contribution is 7.14. The minimum Gasteiger partial charge on any atom is -0.463 e. The van der Waals surface area contributed by atoms with Crippen molar-refractivity contribution in [2.75, 3.05) is 11.9 Å². The molecule has 1 aromatic heterocycles. The van der Waals surface area contributed by atoms with E-state index in [4.69, 9.17) is 16.3 Å². The molecule has 1 amide bonds. The third-order valence-electron chi connectivity index (χ3n) is 2.55. The van der Waals surface area contributed by atoms with E-state index in [0.29, 0.717) is 16.8 Å². The lowest BCUT2D eigenvalue weighted by molar-refractivity contribution is -0.137. The summed E-state index contributed by atoms with van der Waals surface area (Å²) < 4.78 is 5.12. The minimum atomic E-state index is -0.408. The van der Waals surface area contributed by atoms with Gasteiger partial charge in [-0.3, -0.25) is 4.79 Å². The average molecular weight is 337 g/mol. The molecule has 0 radical (unpaired) electrons. The van der Waals surface area contributed by atoms with Crippen LogP contribution in [0.25, 0.3) is 6.08 Å². The van der Waals surface area contributed by atoms with Gasteiger partial charge in [0.25, 0.3) is 5.91 Å². The van der Waals surface area contributed by atoms with Crippen LogP contribution >= 0.6 is 22.9 Å². The lowest BCUT2D eigenvalue weighted by atomic mass is 10.2. The fraction of sp³-hybridized carbons (Fsp3) is 0.133. The Labute approximate surface area is 136 Å². The first kappa shape index (κ1) is 16.2. The summed E-state index contributed by atoms with van der Waals surface area (Å²) in [6.45, 7) is 2.07. The van der Waals surface area contributed by atoms with E-state index in [1.54, 1.807) is 36.6 Å². The number of ether oxygens (including phenoxy) is 1. The van der Waals surface area contributed by atoms with Crippen LogP contribution in [-0.2, 0) is 9.53 Å². The standard InChI is InChI=1S/C15H13ClN2O3S/c1-2-21-13(19)7-6-10-4-3-5-11(8-10)17-14(20)12-9-22-15(16)18-12/h3-9H,2H2,1H3,(H,17,20)/b7-6+. The lowest BCUT2D eigenvalue weighted by Crippen LogP contribution is -2.12. The van der Waals surface area contributed by atoms with Crippen molar-refractivity contribution in [3.63, 3.8) is 0 Å². The highest BCUT2D eigenvalue weighted by Crippen LogP contribution is 2.17. The molecule has 0 unspecified atom stereocenters. The second-order valence-electron chi connectivity index (χ2n) is 4.15. The van der Waals surface area contributed by atoms with E-state index in [1.807, 2.05) is 6.07 Å². The molecule has 0 bridgehead atoms. The van der Waals surface area contributed by atoms with Gasteiger partial charge in [-0.2, -0.15) is 0 Å². The van der Waals surface area contributed by atoms with Crippen LogP contribution in [0, 0.1) is 0 Å². The van der Waals surface area contributed by atoms with Gasteiger partial charge < -0.3 is 10.1 Å². The Balaban J connectivity index is 2.05. The van der Waals surface area contributed by atoms with Crippen molar-refractivity contribution in [2.45, 2.75) is 6.92 Å². The van der Waals surface area contributed by atoms with Crippen molar-refractivity contribution < 1.29 is 14.3 Å². The number of aromatic nitrogens is 1. The molecule has 1 aromatic carbocycles. The van der Waals surface area contributed by atoms with Gasteiger partial charge in [-0.15, -0.1) is 11.3 Å². The highest BCUT2D eigenvalue weighted by atomic mass is 35.5. The Kier molecular flexibility index (Phi) is 5.68. The summed E-state index contributed by atoms with van der Waals surface area (Å²) in [6.07, 6.45) is 2.96. The smallest absolute Gasteiger partial charge is 0.330 e. The van der Waals surface area contributed by atoms with Crippen LogP contribution in [0.3, 0.4) is 0 Å².